The standard InChI is InChI=1S/C15H18O3/c1-10(16)12-4-5-13-7-15(3,8-14(13)6-12)9-18-11(2)17/h4-6H,7-9H2,1-3H3. The zero-order valence-electron chi connectivity index (χ0n) is 11.1. The molecule has 0 bridgehead atoms. The van der Waals surface area contributed by atoms with Gasteiger partial charge in [-0.15, -0.1) is 0 Å². The number of benzene rings is 1. The van der Waals surface area contributed by atoms with Crippen molar-refractivity contribution in [3.63, 3.8) is 0 Å². The molecule has 1 aromatic carbocycles. The van der Waals surface area contributed by atoms with E-state index in [-0.39, 0.29) is 17.2 Å². The fraction of sp³-hybridized carbons (Fsp3) is 0.467. The van der Waals surface area contributed by atoms with Gasteiger partial charge in [0.25, 0.3) is 0 Å². The smallest absolute Gasteiger partial charge is 0.302 e. The van der Waals surface area contributed by atoms with Crippen LogP contribution >= 0.6 is 0 Å². The highest BCUT2D eigenvalue weighted by atomic mass is 16.5. The highest BCUT2D eigenvalue weighted by Gasteiger charge is 2.34. The van der Waals surface area contributed by atoms with Gasteiger partial charge in [-0.3, -0.25) is 9.59 Å². The highest BCUT2D eigenvalue weighted by molar-refractivity contribution is 5.94. The number of ketones is 1. The summed E-state index contributed by atoms with van der Waals surface area (Å²) >= 11 is 0. The summed E-state index contributed by atoms with van der Waals surface area (Å²) in [5, 5.41) is 0. The summed E-state index contributed by atoms with van der Waals surface area (Å²) in [5.41, 5.74) is 3.18. The molecule has 0 fully saturated rings. The van der Waals surface area contributed by atoms with Gasteiger partial charge in [0, 0.05) is 17.9 Å². The molecule has 0 amide bonds. The Hall–Kier alpha value is -1.64. The van der Waals surface area contributed by atoms with Gasteiger partial charge in [0.15, 0.2) is 5.78 Å². The van der Waals surface area contributed by atoms with Crippen molar-refractivity contribution >= 4 is 11.8 Å². The van der Waals surface area contributed by atoms with E-state index in [1.807, 2.05) is 18.2 Å². The van der Waals surface area contributed by atoms with E-state index in [4.69, 9.17) is 4.74 Å². The summed E-state index contributed by atoms with van der Waals surface area (Å²) in [4.78, 5) is 22.2. The van der Waals surface area contributed by atoms with Crippen LogP contribution in [0.5, 0.6) is 0 Å². The van der Waals surface area contributed by atoms with Crippen LogP contribution in [0, 0.1) is 5.41 Å². The van der Waals surface area contributed by atoms with Gasteiger partial charge < -0.3 is 4.74 Å². The summed E-state index contributed by atoms with van der Waals surface area (Å²) in [7, 11) is 0. The quantitative estimate of drug-likeness (QED) is 0.608. The molecule has 1 aliphatic rings. The Morgan fingerprint density at radius 1 is 1.22 bits per heavy atom. The predicted octanol–water partition coefficient (Wildman–Crippen LogP) is 2.56. The predicted molar refractivity (Wildman–Crippen MR) is 68.6 cm³/mol. The first-order valence-electron chi connectivity index (χ1n) is 6.16. The lowest BCUT2D eigenvalue weighted by Crippen LogP contribution is -2.25. The molecule has 1 unspecified atom stereocenters. The minimum atomic E-state index is -0.239. The molecule has 3 nitrogen and oxygen atoms in total. The monoisotopic (exact) mass is 246 g/mol. The Labute approximate surface area is 107 Å². The van der Waals surface area contributed by atoms with E-state index in [9.17, 15) is 9.59 Å². The third kappa shape index (κ3) is 2.61. The Morgan fingerprint density at radius 2 is 1.89 bits per heavy atom. The lowest BCUT2D eigenvalue weighted by Gasteiger charge is -2.22. The molecule has 0 N–H and O–H groups in total. The topological polar surface area (TPSA) is 43.4 Å². The second kappa shape index (κ2) is 4.56. The molecule has 18 heavy (non-hydrogen) atoms. The van der Waals surface area contributed by atoms with Gasteiger partial charge in [0.05, 0.1) is 6.61 Å². The van der Waals surface area contributed by atoms with Crippen LogP contribution < -0.4 is 0 Å². The minimum absolute atomic E-state index is 0.0383. The van der Waals surface area contributed by atoms with E-state index < -0.39 is 0 Å². The van der Waals surface area contributed by atoms with Gasteiger partial charge in [0.2, 0.25) is 0 Å². The number of fused-ring (bicyclic) bond motifs is 1. The van der Waals surface area contributed by atoms with Crippen LogP contribution in [-0.2, 0) is 22.4 Å². The molecule has 0 aromatic heterocycles. The van der Waals surface area contributed by atoms with Gasteiger partial charge in [0.1, 0.15) is 0 Å². The molecule has 0 saturated heterocycles. The van der Waals surface area contributed by atoms with E-state index in [0.29, 0.717) is 6.61 Å². The van der Waals surface area contributed by atoms with E-state index in [1.54, 1.807) is 6.92 Å². The van der Waals surface area contributed by atoms with Crippen molar-refractivity contribution < 1.29 is 14.3 Å². The third-order valence-corrected chi connectivity index (χ3v) is 3.47. The SMILES string of the molecule is CC(=O)OCC1(C)Cc2ccc(C(C)=O)cc2C1. The zero-order chi connectivity index (χ0) is 13.3. The average Bonchev–Trinajstić information content (AvgIpc) is 2.62. The van der Waals surface area contributed by atoms with E-state index in [2.05, 4.69) is 6.92 Å². The van der Waals surface area contributed by atoms with Crippen LogP contribution in [0.1, 0.15) is 42.3 Å². The van der Waals surface area contributed by atoms with Crippen LogP contribution in [-0.4, -0.2) is 18.4 Å². The fourth-order valence-corrected chi connectivity index (χ4v) is 2.54. The average molecular weight is 246 g/mol. The number of rotatable bonds is 3. The van der Waals surface area contributed by atoms with Crippen LogP contribution in [0.25, 0.3) is 0 Å². The normalized spacial score (nSPS) is 21.5. The first-order chi connectivity index (χ1) is 8.39. The summed E-state index contributed by atoms with van der Waals surface area (Å²) < 4.78 is 5.13. The molecule has 0 aliphatic heterocycles. The number of carbonyl (C=O) groups is 2. The maximum Gasteiger partial charge on any atom is 0.302 e. The molecule has 96 valence electrons. The van der Waals surface area contributed by atoms with Crippen molar-refractivity contribution in [1.29, 1.82) is 0 Å². The van der Waals surface area contributed by atoms with Crippen LogP contribution in [0.2, 0.25) is 0 Å². The first kappa shape index (κ1) is 12.8. The summed E-state index contributed by atoms with van der Waals surface area (Å²) in [6, 6.07) is 5.86. The number of ether oxygens (including phenoxy) is 1. The maximum absolute atomic E-state index is 11.4. The Morgan fingerprint density at radius 3 is 2.50 bits per heavy atom. The Balaban J connectivity index is 2.16. The van der Waals surface area contributed by atoms with Crippen molar-refractivity contribution in [1.82, 2.24) is 0 Å². The molecule has 1 aliphatic carbocycles. The molecule has 0 heterocycles. The molecular formula is C15H18O3. The fourth-order valence-electron chi connectivity index (χ4n) is 2.54. The van der Waals surface area contributed by atoms with Crippen molar-refractivity contribution in [2.45, 2.75) is 33.6 Å². The van der Waals surface area contributed by atoms with Crippen LogP contribution in [0.4, 0.5) is 0 Å². The number of hydrogen-bond donors (Lipinski definition) is 0. The van der Waals surface area contributed by atoms with Crippen LogP contribution in [0.3, 0.4) is 0 Å². The van der Waals surface area contributed by atoms with Crippen molar-refractivity contribution in [2.24, 2.45) is 5.41 Å². The lowest BCUT2D eigenvalue weighted by atomic mass is 9.88. The molecule has 0 saturated carbocycles. The maximum atomic E-state index is 11.4. The Bertz CT molecular complexity index is 504. The molecule has 0 spiro atoms. The molecular weight excluding hydrogens is 228 g/mol. The van der Waals surface area contributed by atoms with Crippen molar-refractivity contribution in [3.8, 4) is 0 Å². The molecule has 1 atom stereocenters. The lowest BCUT2D eigenvalue weighted by molar-refractivity contribution is -0.144. The molecule has 3 heteroatoms. The largest absolute Gasteiger partial charge is 0.465 e. The van der Waals surface area contributed by atoms with E-state index in [0.717, 1.165) is 18.4 Å². The van der Waals surface area contributed by atoms with Crippen LogP contribution in [0.15, 0.2) is 18.2 Å². The van der Waals surface area contributed by atoms with Gasteiger partial charge >= 0.3 is 5.97 Å². The summed E-state index contributed by atoms with van der Waals surface area (Å²) in [6.07, 6.45) is 1.75. The molecule has 0 radical (unpaired) electrons. The number of Topliss-reactive ketones (excluding diaryl/α,β-unsaturated/α-hetero) is 1. The molecule has 1 aromatic rings. The van der Waals surface area contributed by atoms with Crippen molar-refractivity contribution in [3.05, 3.63) is 34.9 Å². The van der Waals surface area contributed by atoms with Crippen molar-refractivity contribution in [2.75, 3.05) is 6.61 Å². The van der Waals surface area contributed by atoms with Gasteiger partial charge in [-0.1, -0.05) is 19.1 Å². The summed E-state index contributed by atoms with van der Waals surface area (Å²) in [6.45, 7) is 5.56. The summed E-state index contributed by atoms with van der Waals surface area (Å²) in [5.74, 6) is -0.150. The Kier molecular flexibility index (Phi) is 3.24. The van der Waals surface area contributed by atoms with E-state index >= 15 is 0 Å². The molecule has 2 rings (SSSR count). The van der Waals surface area contributed by atoms with E-state index in [1.165, 1.54) is 18.1 Å². The third-order valence-electron chi connectivity index (χ3n) is 3.47. The number of esters is 1. The number of carbonyl (C=O) groups excluding carboxylic acids is 2. The van der Waals surface area contributed by atoms with Gasteiger partial charge in [-0.25, -0.2) is 0 Å². The second-order valence-corrected chi connectivity index (χ2v) is 5.48. The van der Waals surface area contributed by atoms with Gasteiger partial charge in [-0.2, -0.15) is 0 Å². The highest BCUT2D eigenvalue weighted by Crippen LogP contribution is 2.37. The van der Waals surface area contributed by atoms with Gasteiger partial charge in [-0.05, 0) is 37.0 Å². The number of hydrogen-bond acceptors (Lipinski definition) is 3. The zero-order valence-corrected chi connectivity index (χ0v) is 11.1. The minimum Gasteiger partial charge on any atom is -0.465 e. The second-order valence-electron chi connectivity index (χ2n) is 5.48. The first-order valence-corrected chi connectivity index (χ1v) is 6.16.